The molecule has 0 radical (unpaired) electrons. The molecule has 1 fully saturated rings. The standard InChI is InChI=1S/C28H33N5O4S2/c1-36-18-17-33-15-11-20(12-16-33)32-25-6-3-5-23-22(10-13-29)27(38-28(23)25)7-4-14-31-24-9-8-21(39(30,34)35)19-26(24)37-2/h3,5-6,8-9,19-20,31-32H,10-12,14-18H2,1-2H3,(H2,30,34,35). The zero-order valence-corrected chi connectivity index (χ0v) is 23.8. The van der Waals surface area contributed by atoms with Gasteiger partial charge in [0.25, 0.3) is 0 Å². The molecule has 39 heavy (non-hydrogen) atoms. The molecule has 2 heterocycles. The molecule has 0 spiro atoms. The van der Waals surface area contributed by atoms with Crippen LogP contribution in [0, 0.1) is 23.2 Å². The second-order valence-electron chi connectivity index (χ2n) is 9.24. The van der Waals surface area contributed by atoms with Gasteiger partial charge in [0.15, 0.2) is 0 Å². The summed E-state index contributed by atoms with van der Waals surface area (Å²) in [7, 11) is -0.633. The van der Waals surface area contributed by atoms with E-state index in [0.717, 1.165) is 65.3 Å². The normalized spacial score (nSPS) is 14.4. The second-order valence-corrected chi connectivity index (χ2v) is 11.8. The van der Waals surface area contributed by atoms with Crippen LogP contribution < -0.4 is 20.5 Å². The van der Waals surface area contributed by atoms with Crippen molar-refractivity contribution in [1.29, 1.82) is 5.26 Å². The molecular formula is C28H33N5O4S2. The van der Waals surface area contributed by atoms with Gasteiger partial charge in [0, 0.05) is 49.8 Å². The van der Waals surface area contributed by atoms with Crippen LogP contribution >= 0.6 is 11.3 Å². The molecule has 1 aromatic heterocycles. The quantitative estimate of drug-likeness (QED) is 0.317. The van der Waals surface area contributed by atoms with Crippen LogP contribution in [0.4, 0.5) is 11.4 Å². The van der Waals surface area contributed by atoms with E-state index in [1.165, 1.54) is 19.2 Å². The number of nitrogens with two attached hydrogens (primary N) is 1. The highest BCUT2D eigenvalue weighted by Gasteiger charge is 2.21. The van der Waals surface area contributed by atoms with Crippen LogP contribution in [-0.4, -0.2) is 66.4 Å². The molecule has 0 unspecified atom stereocenters. The number of piperidine rings is 1. The largest absolute Gasteiger partial charge is 0.495 e. The molecule has 0 aliphatic carbocycles. The summed E-state index contributed by atoms with van der Waals surface area (Å²) in [5.41, 5.74) is 2.63. The van der Waals surface area contributed by atoms with Crippen LogP contribution in [0.5, 0.6) is 5.75 Å². The lowest BCUT2D eigenvalue weighted by Gasteiger charge is -2.32. The zero-order valence-electron chi connectivity index (χ0n) is 22.1. The number of methoxy groups -OCH3 is 2. The third kappa shape index (κ3) is 7.21. The van der Waals surface area contributed by atoms with Crippen LogP contribution in [0.1, 0.15) is 23.3 Å². The van der Waals surface area contributed by atoms with Crippen molar-refractivity contribution in [3.05, 3.63) is 46.8 Å². The predicted molar refractivity (Wildman–Crippen MR) is 156 cm³/mol. The van der Waals surface area contributed by atoms with Gasteiger partial charge in [-0.2, -0.15) is 5.26 Å². The Morgan fingerprint density at radius 2 is 1.97 bits per heavy atom. The number of fused-ring (bicyclic) bond motifs is 1. The van der Waals surface area contributed by atoms with Crippen LogP contribution in [0.3, 0.4) is 0 Å². The summed E-state index contributed by atoms with van der Waals surface area (Å²) < 4.78 is 34.9. The first kappa shape index (κ1) is 28.7. The fraction of sp³-hybridized carbons (Fsp3) is 0.393. The van der Waals surface area contributed by atoms with Gasteiger partial charge in [-0.3, -0.25) is 0 Å². The Hall–Kier alpha value is -3.32. The fourth-order valence-electron chi connectivity index (χ4n) is 4.64. The number of hydrogen-bond donors (Lipinski definition) is 3. The van der Waals surface area contributed by atoms with E-state index in [1.54, 1.807) is 24.5 Å². The summed E-state index contributed by atoms with van der Waals surface area (Å²) in [6.45, 7) is 4.11. The first-order valence-electron chi connectivity index (χ1n) is 12.7. The van der Waals surface area contributed by atoms with Gasteiger partial charge < -0.3 is 25.0 Å². The summed E-state index contributed by atoms with van der Waals surface area (Å²) in [6.07, 6.45) is 2.41. The van der Waals surface area contributed by atoms with Crippen molar-refractivity contribution in [1.82, 2.24) is 4.90 Å². The molecule has 1 aliphatic heterocycles. The third-order valence-corrected chi connectivity index (χ3v) is 8.81. The summed E-state index contributed by atoms with van der Waals surface area (Å²) >= 11 is 1.60. The number of thiophene rings is 1. The third-order valence-electron chi connectivity index (χ3n) is 6.70. The number of nitrogens with zero attached hydrogens (tertiary/aromatic N) is 2. The molecule has 1 aliphatic rings. The maximum atomic E-state index is 11.6. The summed E-state index contributed by atoms with van der Waals surface area (Å²) in [6, 6.07) is 13.3. The molecule has 9 nitrogen and oxygen atoms in total. The lowest BCUT2D eigenvalue weighted by Crippen LogP contribution is -2.40. The molecule has 11 heteroatoms. The maximum Gasteiger partial charge on any atom is 0.238 e. The van der Waals surface area contributed by atoms with Crippen LogP contribution in [0.25, 0.3) is 10.1 Å². The highest BCUT2D eigenvalue weighted by Crippen LogP contribution is 2.37. The van der Waals surface area contributed by atoms with Crippen molar-refractivity contribution in [3.8, 4) is 23.7 Å². The van der Waals surface area contributed by atoms with Crippen molar-refractivity contribution in [2.45, 2.75) is 30.2 Å². The minimum atomic E-state index is -3.83. The van der Waals surface area contributed by atoms with E-state index in [0.29, 0.717) is 24.0 Å². The zero-order chi connectivity index (χ0) is 27.8. The lowest BCUT2D eigenvalue weighted by molar-refractivity contribution is 0.132. The number of hydrogen-bond acceptors (Lipinski definition) is 9. The van der Waals surface area contributed by atoms with Crippen LogP contribution in [-0.2, 0) is 21.2 Å². The number of primary sulfonamides is 1. The summed E-state index contributed by atoms with van der Waals surface area (Å²) in [5, 5.41) is 22.7. The Kier molecular flexibility index (Phi) is 9.68. The van der Waals surface area contributed by atoms with Gasteiger partial charge in [-0.15, -0.1) is 11.3 Å². The first-order chi connectivity index (χ1) is 18.8. The molecule has 3 aromatic rings. The monoisotopic (exact) mass is 567 g/mol. The Balaban J connectivity index is 1.49. The number of likely N-dealkylation sites (tertiary alicyclic amines) is 1. The maximum absolute atomic E-state index is 11.6. The van der Waals surface area contributed by atoms with E-state index >= 15 is 0 Å². The van der Waals surface area contributed by atoms with Gasteiger partial charge in [0.05, 0.1) is 58.6 Å². The van der Waals surface area contributed by atoms with E-state index in [-0.39, 0.29) is 11.3 Å². The average molecular weight is 568 g/mol. The molecule has 0 bridgehead atoms. The molecule has 2 aromatic carbocycles. The molecule has 0 atom stereocenters. The van der Waals surface area contributed by atoms with Gasteiger partial charge in [0.2, 0.25) is 10.0 Å². The number of rotatable bonds is 10. The van der Waals surface area contributed by atoms with Crippen LogP contribution in [0.15, 0.2) is 41.3 Å². The van der Waals surface area contributed by atoms with Crippen molar-refractivity contribution in [2.75, 3.05) is 57.6 Å². The SMILES string of the molecule is COCCN1CCC(Nc2cccc3c(CC#N)c(C#CCNc4ccc(S(N)(=O)=O)cc4OC)sc23)CC1. The van der Waals surface area contributed by atoms with Gasteiger partial charge in [-0.1, -0.05) is 24.0 Å². The van der Waals surface area contributed by atoms with Gasteiger partial charge in [-0.05, 0) is 31.0 Å². The molecule has 4 rings (SSSR count). The molecule has 4 N–H and O–H groups in total. The highest BCUT2D eigenvalue weighted by molar-refractivity contribution is 7.89. The Bertz CT molecular complexity index is 1510. The Morgan fingerprint density at radius 1 is 1.18 bits per heavy atom. The lowest BCUT2D eigenvalue weighted by atomic mass is 10.0. The van der Waals surface area contributed by atoms with E-state index in [4.69, 9.17) is 14.6 Å². The van der Waals surface area contributed by atoms with E-state index in [2.05, 4.69) is 45.6 Å². The van der Waals surface area contributed by atoms with Crippen molar-refractivity contribution in [3.63, 3.8) is 0 Å². The second kappa shape index (κ2) is 13.2. The van der Waals surface area contributed by atoms with E-state index in [1.807, 2.05) is 6.07 Å². The van der Waals surface area contributed by atoms with Crippen molar-refractivity contribution >= 4 is 42.8 Å². The number of ether oxygens (including phenoxy) is 2. The van der Waals surface area contributed by atoms with Gasteiger partial charge in [-0.25, -0.2) is 13.6 Å². The number of nitrogens with one attached hydrogen (secondary N) is 2. The molecular weight excluding hydrogens is 534 g/mol. The molecule has 0 saturated carbocycles. The van der Waals surface area contributed by atoms with Gasteiger partial charge in [0.1, 0.15) is 5.75 Å². The van der Waals surface area contributed by atoms with Crippen molar-refractivity contribution in [2.24, 2.45) is 5.14 Å². The number of sulfonamides is 1. The minimum absolute atomic E-state index is 0.0246. The molecule has 206 valence electrons. The highest BCUT2D eigenvalue weighted by atomic mass is 32.2. The predicted octanol–water partition coefficient (Wildman–Crippen LogP) is 3.61. The molecule has 0 amide bonds. The van der Waals surface area contributed by atoms with Gasteiger partial charge >= 0.3 is 0 Å². The van der Waals surface area contributed by atoms with E-state index in [9.17, 15) is 13.7 Å². The smallest absolute Gasteiger partial charge is 0.238 e. The number of anilines is 2. The summed E-state index contributed by atoms with van der Waals surface area (Å²) in [4.78, 5) is 3.28. The van der Waals surface area contributed by atoms with E-state index < -0.39 is 10.0 Å². The van der Waals surface area contributed by atoms with Crippen molar-refractivity contribution < 1.29 is 17.9 Å². The molecule has 1 saturated heterocycles. The first-order valence-corrected chi connectivity index (χ1v) is 15.0. The topological polar surface area (TPSA) is 130 Å². The minimum Gasteiger partial charge on any atom is -0.495 e. The summed E-state index contributed by atoms with van der Waals surface area (Å²) in [5.74, 6) is 6.73. The Labute approximate surface area is 233 Å². The Morgan fingerprint density at radius 3 is 2.67 bits per heavy atom. The number of nitriles is 1. The van der Waals surface area contributed by atoms with Crippen LogP contribution in [0.2, 0.25) is 0 Å². The fourth-order valence-corrected chi connectivity index (χ4v) is 6.34. The number of benzene rings is 2. The average Bonchev–Trinajstić information content (AvgIpc) is 3.28.